The molecule has 1 unspecified atom stereocenters. The lowest BCUT2D eigenvalue weighted by Crippen LogP contribution is -2.13. The van der Waals surface area contributed by atoms with Crippen LogP contribution in [-0.4, -0.2) is 0 Å². The van der Waals surface area contributed by atoms with Gasteiger partial charge in [-0.05, 0) is 50.4 Å². The Balaban J connectivity index is 2.06. The van der Waals surface area contributed by atoms with Gasteiger partial charge in [-0.2, -0.15) is 0 Å². The molecule has 0 amide bonds. The predicted octanol–water partition coefficient (Wildman–Crippen LogP) is 4.87. The summed E-state index contributed by atoms with van der Waals surface area (Å²) >= 11 is 0. The van der Waals surface area contributed by atoms with E-state index in [1.807, 2.05) is 0 Å². The summed E-state index contributed by atoms with van der Waals surface area (Å²) in [5.74, 6) is 1.64. The van der Waals surface area contributed by atoms with Crippen molar-refractivity contribution in [2.24, 2.45) is 11.8 Å². The molecular weight excluding hydrogens is 180 g/mol. The third-order valence-corrected chi connectivity index (χ3v) is 4.21. The number of hydrogen-bond acceptors (Lipinski definition) is 0. The van der Waals surface area contributed by atoms with E-state index < -0.39 is 0 Å². The monoisotopic (exact) mass is 204 g/mol. The van der Waals surface area contributed by atoms with E-state index in [4.69, 9.17) is 0 Å². The van der Waals surface area contributed by atoms with Gasteiger partial charge in [-0.3, -0.25) is 0 Å². The van der Waals surface area contributed by atoms with E-state index in [2.05, 4.69) is 26.8 Å². The maximum atomic E-state index is 2.54. The minimum Gasteiger partial charge on any atom is -0.0806 e. The Morgan fingerprint density at radius 2 is 1.93 bits per heavy atom. The maximum absolute atomic E-state index is 2.54. The van der Waals surface area contributed by atoms with Crippen molar-refractivity contribution in [2.75, 3.05) is 0 Å². The molecule has 0 bridgehead atoms. The van der Waals surface area contributed by atoms with Crippen LogP contribution in [0.3, 0.4) is 0 Å². The minimum absolute atomic E-state index is 0.810. The first-order valence-electron chi connectivity index (χ1n) is 6.61. The average Bonchev–Trinajstić information content (AvgIpc) is 2.65. The number of allylic oxidation sites excluding steroid dienone is 4. The van der Waals surface area contributed by atoms with E-state index >= 15 is 0 Å². The molecule has 0 fully saturated rings. The number of hydrogen-bond donors (Lipinski definition) is 0. The summed E-state index contributed by atoms with van der Waals surface area (Å²) in [6.45, 7) is 7.07. The van der Waals surface area contributed by atoms with Gasteiger partial charge in [-0.1, -0.05) is 43.6 Å². The molecular formula is C15H24. The molecule has 0 saturated heterocycles. The third kappa shape index (κ3) is 2.19. The van der Waals surface area contributed by atoms with Gasteiger partial charge < -0.3 is 0 Å². The van der Waals surface area contributed by atoms with Gasteiger partial charge >= 0.3 is 0 Å². The summed E-state index contributed by atoms with van der Waals surface area (Å²) in [6, 6.07) is 0. The first-order chi connectivity index (χ1) is 7.22. The smallest absolute Gasteiger partial charge is 0.0103 e. The standard InChI is InChI=1S/C15H24/c1-4-15(11(2)3)14-9-8-12-6-5-7-13(12)10-14/h9,11,15H,4-8,10H2,1-3H3. The van der Waals surface area contributed by atoms with Crippen LogP contribution < -0.4 is 0 Å². The molecule has 0 aromatic heterocycles. The summed E-state index contributed by atoms with van der Waals surface area (Å²) in [5.41, 5.74) is 5.32. The Hall–Kier alpha value is -0.520. The highest BCUT2D eigenvalue weighted by atomic mass is 14.3. The van der Waals surface area contributed by atoms with Crippen molar-refractivity contribution >= 4 is 0 Å². The molecule has 84 valence electrons. The zero-order chi connectivity index (χ0) is 10.8. The Morgan fingerprint density at radius 3 is 2.60 bits per heavy atom. The van der Waals surface area contributed by atoms with Crippen LogP contribution >= 0.6 is 0 Å². The summed E-state index contributed by atoms with van der Waals surface area (Å²) in [7, 11) is 0. The molecule has 0 radical (unpaired) electrons. The predicted molar refractivity (Wildman–Crippen MR) is 66.8 cm³/mol. The van der Waals surface area contributed by atoms with Gasteiger partial charge in [0.05, 0.1) is 0 Å². The zero-order valence-corrected chi connectivity index (χ0v) is 10.5. The third-order valence-electron chi connectivity index (χ3n) is 4.21. The van der Waals surface area contributed by atoms with Gasteiger partial charge in [0, 0.05) is 0 Å². The molecule has 0 aromatic carbocycles. The van der Waals surface area contributed by atoms with Crippen LogP contribution in [-0.2, 0) is 0 Å². The van der Waals surface area contributed by atoms with Crippen LogP contribution in [0.15, 0.2) is 22.8 Å². The second-order valence-electron chi connectivity index (χ2n) is 5.48. The van der Waals surface area contributed by atoms with Gasteiger partial charge in [0.25, 0.3) is 0 Å². The minimum atomic E-state index is 0.810. The van der Waals surface area contributed by atoms with Gasteiger partial charge in [0.1, 0.15) is 0 Å². The normalized spacial score (nSPS) is 23.1. The summed E-state index contributed by atoms with van der Waals surface area (Å²) in [6.07, 6.45) is 10.6. The SMILES string of the molecule is CCC(C1=CCC2=C(CCC2)C1)C(C)C. The van der Waals surface area contributed by atoms with Crippen molar-refractivity contribution in [3.8, 4) is 0 Å². The molecule has 0 nitrogen and oxygen atoms in total. The molecule has 2 rings (SSSR count). The van der Waals surface area contributed by atoms with E-state index in [1.54, 1.807) is 16.7 Å². The highest BCUT2D eigenvalue weighted by Gasteiger charge is 2.23. The Labute approximate surface area is 94.5 Å². The fourth-order valence-corrected chi connectivity index (χ4v) is 3.35. The maximum Gasteiger partial charge on any atom is -0.0103 e. The molecule has 0 N–H and O–H groups in total. The molecule has 0 aromatic rings. The molecule has 1 atom stereocenters. The lowest BCUT2D eigenvalue weighted by molar-refractivity contribution is 0.420. The Morgan fingerprint density at radius 1 is 1.20 bits per heavy atom. The van der Waals surface area contributed by atoms with Crippen LogP contribution in [0.4, 0.5) is 0 Å². The van der Waals surface area contributed by atoms with Crippen molar-refractivity contribution in [1.82, 2.24) is 0 Å². The van der Waals surface area contributed by atoms with Crippen LogP contribution in [0.1, 0.15) is 59.3 Å². The lowest BCUT2D eigenvalue weighted by Gasteiger charge is -2.26. The fraction of sp³-hybridized carbons (Fsp3) is 0.733. The van der Waals surface area contributed by atoms with Crippen LogP contribution in [0.5, 0.6) is 0 Å². The van der Waals surface area contributed by atoms with E-state index in [9.17, 15) is 0 Å². The highest BCUT2D eigenvalue weighted by molar-refractivity contribution is 5.33. The van der Waals surface area contributed by atoms with Gasteiger partial charge in [0.15, 0.2) is 0 Å². The second-order valence-corrected chi connectivity index (χ2v) is 5.48. The van der Waals surface area contributed by atoms with Gasteiger partial charge in [-0.15, -0.1) is 0 Å². The Kier molecular flexibility index (Phi) is 3.33. The van der Waals surface area contributed by atoms with Gasteiger partial charge in [0.2, 0.25) is 0 Å². The van der Waals surface area contributed by atoms with E-state index in [0.717, 1.165) is 11.8 Å². The van der Waals surface area contributed by atoms with Crippen molar-refractivity contribution in [3.63, 3.8) is 0 Å². The van der Waals surface area contributed by atoms with Crippen molar-refractivity contribution < 1.29 is 0 Å². The molecule has 2 aliphatic carbocycles. The summed E-state index contributed by atoms with van der Waals surface area (Å²) in [4.78, 5) is 0. The molecule has 0 heterocycles. The number of rotatable bonds is 3. The average molecular weight is 204 g/mol. The lowest BCUT2D eigenvalue weighted by atomic mass is 9.79. The molecule has 0 saturated carbocycles. The quantitative estimate of drug-likeness (QED) is 0.575. The van der Waals surface area contributed by atoms with Crippen molar-refractivity contribution in [2.45, 2.75) is 59.3 Å². The molecule has 2 aliphatic rings. The second kappa shape index (κ2) is 4.55. The fourth-order valence-electron chi connectivity index (χ4n) is 3.35. The van der Waals surface area contributed by atoms with E-state index in [0.29, 0.717) is 0 Å². The zero-order valence-electron chi connectivity index (χ0n) is 10.5. The summed E-state index contributed by atoms with van der Waals surface area (Å²) < 4.78 is 0. The van der Waals surface area contributed by atoms with Gasteiger partial charge in [-0.25, -0.2) is 0 Å². The van der Waals surface area contributed by atoms with Crippen molar-refractivity contribution in [1.29, 1.82) is 0 Å². The summed E-state index contributed by atoms with van der Waals surface area (Å²) in [5, 5.41) is 0. The topological polar surface area (TPSA) is 0 Å². The molecule has 0 aliphatic heterocycles. The molecule has 0 heteroatoms. The largest absolute Gasteiger partial charge is 0.0806 e. The molecule has 0 spiro atoms. The van der Waals surface area contributed by atoms with Crippen LogP contribution in [0.2, 0.25) is 0 Å². The van der Waals surface area contributed by atoms with E-state index in [-0.39, 0.29) is 0 Å². The molecule has 15 heavy (non-hydrogen) atoms. The van der Waals surface area contributed by atoms with Crippen LogP contribution in [0.25, 0.3) is 0 Å². The van der Waals surface area contributed by atoms with Crippen LogP contribution in [0, 0.1) is 11.8 Å². The Bertz CT molecular complexity index is 291. The first kappa shape index (κ1) is 11.0. The highest BCUT2D eigenvalue weighted by Crippen LogP contribution is 2.40. The first-order valence-corrected chi connectivity index (χ1v) is 6.61. The van der Waals surface area contributed by atoms with E-state index in [1.165, 1.54) is 38.5 Å². The van der Waals surface area contributed by atoms with Crippen molar-refractivity contribution in [3.05, 3.63) is 22.8 Å².